The van der Waals surface area contributed by atoms with Crippen LogP contribution in [0.4, 0.5) is 18.0 Å². The van der Waals surface area contributed by atoms with E-state index in [1.165, 1.54) is 0 Å². The second-order valence-corrected chi connectivity index (χ2v) is 8.89. The second-order valence-electron chi connectivity index (χ2n) is 7.19. The molecule has 1 aliphatic rings. The van der Waals surface area contributed by atoms with Gasteiger partial charge in [0.05, 0.1) is 12.5 Å². The molecule has 0 bridgehead atoms. The molecule has 1 amide bonds. The van der Waals surface area contributed by atoms with Gasteiger partial charge in [0.2, 0.25) is 0 Å². The lowest BCUT2D eigenvalue weighted by atomic mass is 9.82. The summed E-state index contributed by atoms with van der Waals surface area (Å²) in [7, 11) is -5.61. The van der Waals surface area contributed by atoms with Gasteiger partial charge in [0, 0.05) is 12.1 Å². The Kier molecular flexibility index (Phi) is 7.51. The van der Waals surface area contributed by atoms with Crippen LogP contribution in [0.2, 0.25) is 0 Å². The molecule has 0 heterocycles. The van der Waals surface area contributed by atoms with Gasteiger partial charge in [0.25, 0.3) is 0 Å². The monoisotopic (exact) mass is 418 g/mol. The van der Waals surface area contributed by atoms with Crippen molar-refractivity contribution >= 4 is 22.1 Å². The summed E-state index contributed by atoms with van der Waals surface area (Å²) in [5.74, 6) is -1.22. The maximum absolute atomic E-state index is 12.7. The van der Waals surface area contributed by atoms with Crippen molar-refractivity contribution in [2.45, 2.75) is 70.2 Å². The second kappa shape index (κ2) is 8.63. The molecule has 0 saturated heterocycles. The summed E-state index contributed by atoms with van der Waals surface area (Å²) >= 11 is 0. The predicted molar refractivity (Wildman–Crippen MR) is 89.0 cm³/mol. The van der Waals surface area contributed by atoms with Gasteiger partial charge in [0.15, 0.2) is 0 Å². The van der Waals surface area contributed by atoms with Crippen molar-refractivity contribution in [1.29, 1.82) is 0 Å². The van der Waals surface area contributed by atoms with Crippen LogP contribution in [-0.4, -0.2) is 50.3 Å². The number of ether oxygens (including phenoxy) is 2. The third kappa shape index (κ3) is 7.17. The Morgan fingerprint density at radius 3 is 2.19 bits per heavy atom. The fourth-order valence-electron chi connectivity index (χ4n) is 2.67. The number of nitrogens with one attached hydrogen (secondary N) is 2. The zero-order chi connectivity index (χ0) is 21.0. The highest BCUT2D eigenvalue weighted by atomic mass is 32.2. The lowest BCUT2D eigenvalue weighted by molar-refractivity contribution is -0.149. The van der Waals surface area contributed by atoms with Crippen LogP contribution in [0.15, 0.2) is 0 Å². The van der Waals surface area contributed by atoms with Gasteiger partial charge in [-0.15, -0.1) is 0 Å². The van der Waals surface area contributed by atoms with Gasteiger partial charge in [-0.3, -0.25) is 4.79 Å². The van der Waals surface area contributed by atoms with Crippen LogP contribution >= 0.6 is 0 Å². The van der Waals surface area contributed by atoms with Gasteiger partial charge in [-0.2, -0.15) is 13.2 Å². The van der Waals surface area contributed by atoms with E-state index in [1.807, 2.05) is 0 Å². The number of alkyl carbamates (subject to hydrolysis) is 1. The van der Waals surface area contributed by atoms with E-state index in [2.05, 4.69) is 5.32 Å². The smallest absolute Gasteiger partial charge is 0.466 e. The number of halogens is 3. The molecule has 1 fully saturated rings. The van der Waals surface area contributed by atoms with E-state index < -0.39 is 51.2 Å². The van der Waals surface area contributed by atoms with E-state index >= 15 is 0 Å². The van der Waals surface area contributed by atoms with Gasteiger partial charge >= 0.3 is 27.6 Å². The standard InChI is InChI=1S/C15H25F3N2O6S/c1-5-25-12(21)9-6-7-10(20-27(23,24)15(16,17)18)11(8-9)19-13(22)26-14(2,3)4/h9-11,20H,5-8H2,1-4H3,(H,19,22)/t9-,10+,11+/m0/s1. The molecule has 0 unspecified atom stereocenters. The molecule has 0 aromatic rings. The summed E-state index contributed by atoms with van der Waals surface area (Å²) in [6.45, 7) is 6.52. The highest BCUT2D eigenvalue weighted by Gasteiger charge is 2.49. The summed E-state index contributed by atoms with van der Waals surface area (Å²) < 4.78 is 72.4. The quantitative estimate of drug-likeness (QED) is 0.661. The maximum Gasteiger partial charge on any atom is 0.511 e. The molecule has 0 spiro atoms. The van der Waals surface area contributed by atoms with Gasteiger partial charge in [0.1, 0.15) is 5.60 Å². The highest BCUT2D eigenvalue weighted by Crippen LogP contribution is 2.29. The van der Waals surface area contributed by atoms with Crippen LogP contribution in [-0.2, 0) is 24.3 Å². The first-order chi connectivity index (χ1) is 12.2. The summed E-state index contributed by atoms with van der Waals surface area (Å²) in [6, 6.07) is -2.31. The number of hydrogen-bond acceptors (Lipinski definition) is 6. The molecule has 1 rings (SSSR count). The maximum atomic E-state index is 12.7. The molecule has 8 nitrogen and oxygen atoms in total. The topological polar surface area (TPSA) is 111 Å². The Hall–Kier alpha value is -1.56. The average Bonchev–Trinajstić information content (AvgIpc) is 2.45. The fourth-order valence-corrected chi connectivity index (χ4v) is 3.48. The van der Waals surface area contributed by atoms with Crippen LogP contribution < -0.4 is 10.0 Å². The molecule has 1 aliphatic carbocycles. The largest absolute Gasteiger partial charge is 0.511 e. The van der Waals surface area contributed by atoms with Crippen molar-refractivity contribution in [1.82, 2.24) is 10.0 Å². The summed E-state index contributed by atoms with van der Waals surface area (Å²) in [4.78, 5) is 23.9. The van der Waals surface area contributed by atoms with Gasteiger partial charge < -0.3 is 14.8 Å². The fraction of sp³-hybridized carbons (Fsp3) is 0.867. The number of carbonyl (C=O) groups excluding carboxylic acids is 2. The first kappa shape index (κ1) is 23.5. The first-order valence-corrected chi connectivity index (χ1v) is 9.89. The van der Waals surface area contributed by atoms with E-state index in [0.29, 0.717) is 0 Å². The third-order valence-corrected chi connectivity index (χ3v) is 5.01. The Morgan fingerprint density at radius 1 is 1.11 bits per heavy atom. The minimum atomic E-state index is -5.61. The molecular weight excluding hydrogens is 393 g/mol. The molecule has 12 heteroatoms. The lowest BCUT2D eigenvalue weighted by Gasteiger charge is -2.36. The van der Waals surface area contributed by atoms with Crippen LogP contribution in [0, 0.1) is 5.92 Å². The highest BCUT2D eigenvalue weighted by molar-refractivity contribution is 7.90. The third-order valence-electron chi connectivity index (χ3n) is 3.78. The Balaban J connectivity index is 2.96. The van der Waals surface area contributed by atoms with Crippen LogP contribution in [0.3, 0.4) is 0 Å². The molecular formula is C15H25F3N2O6S. The number of esters is 1. The van der Waals surface area contributed by atoms with Gasteiger partial charge in [-0.1, -0.05) is 0 Å². The number of amides is 1. The zero-order valence-electron chi connectivity index (χ0n) is 15.6. The van der Waals surface area contributed by atoms with E-state index in [1.54, 1.807) is 32.4 Å². The van der Waals surface area contributed by atoms with Crippen molar-refractivity contribution in [3.8, 4) is 0 Å². The van der Waals surface area contributed by atoms with Crippen LogP contribution in [0.25, 0.3) is 0 Å². The van der Waals surface area contributed by atoms with Crippen molar-refractivity contribution in [3.63, 3.8) is 0 Å². The Bertz CT molecular complexity index is 645. The Labute approximate surface area is 156 Å². The number of sulfonamides is 1. The van der Waals surface area contributed by atoms with E-state index in [0.717, 1.165) is 0 Å². The predicted octanol–water partition coefficient (Wildman–Crippen LogP) is 2.05. The van der Waals surface area contributed by atoms with Crippen molar-refractivity contribution in [2.24, 2.45) is 5.92 Å². The van der Waals surface area contributed by atoms with Crippen molar-refractivity contribution in [3.05, 3.63) is 0 Å². The molecule has 3 atom stereocenters. The van der Waals surface area contributed by atoms with Crippen LogP contribution in [0.5, 0.6) is 0 Å². The first-order valence-electron chi connectivity index (χ1n) is 8.41. The Morgan fingerprint density at radius 2 is 1.70 bits per heavy atom. The summed E-state index contributed by atoms with van der Waals surface area (Å²) in [5, 5.41) is 2.36. The zero-order valence-corrected chi connectivity index (χ0v) is 16.4. The summed E-state index contributed by atoms with van der Waals surface area (Å²) in [5.41, 5.74) is -6.35. The normalized spacial score (nSPS) is 24.2. The van der Waals surface area contributed by atoms with E-state index in [9.17, 15) is 31.2 Å². The van der Waals surface area contributed by atoms with Crippen molar-refractivity contribution in [2.75, 3.05) is 6.61 Å². The van der Waals surface area contributed by atoms with E-state index in [-0.39, 0.29) is 25.9 Å². The molecule has 0 radical (unpaired) electrons. The number of alkyl halides is 3. The molecule has 2 N–H and O–H groups in total. The molecule has 0 aromatic heterocycles. The van der Waals surface area contributed by atoms with E-state index in [4.69, 9.17) is 9.47 Å². The molecule has 1 saturated carbocycles. The minimum Gasteiger partial charge on any atom is -0.466 e. The molecule has 0 aliphatic heterocycles. The number of rotatable bonds is 5. The average molecular weight is 418 g/mol. The van der Waals surface area contributed by atoms with Gasteiger partial charge in [-0.25, -0.2) is 17.9 Å². The van der Waals surface area contributed by atoms with Crippen LogP contribution in [0.1, 0.15) is 47.0 Å². The molecule has 158 valence electrons. The number of carbonyl (C=O) groups is 2. The SMILES string of the molecule is CCOC(=O)[C@H]1CC[C@@H](NS(=O)(=O)C(F)(F)F)[C@H](NC(=O)OC(C)(C)C)C1. The summed E-state index contributed by atoms with van der Waals surface area (Å²) in [6.07, 6.45) is -0.966. The number of hydrogen-bond donors (Lipinski definition) is 2. The van der Waals surface area contributed by atoms with Gasteiger partial charge in [-0.05, 0) is 47.0 Å². The molecule has 0 aromatic carbocycles. The lowest BCUT2D eigenvalue weighted by Crippen LogP contribution is -2.57. The van der Waals surface area contributed by atoms with Crippen molar-refractivity contribution < 1.29 is 40.7 Å². The minimum absolute atomic E-state index is 0.0802. The molecule has 27 heavy (non-hydrogen) atoms.